The lowest BCUT2D eigenvalue weighted by molar-refractivity contribution is -0.156. The highest BCUT2D eigenvalue weighted by Crippen LogP contribution is 2.14. The monoisotopic (exact) mass is 320 g/mol. The van der Waals surface area contributed by atoms with Crippen molar-refractivity contribution < 1.29 is 23.9 Å². The van der Waals surface area contributed by atoms with Gasteiger partial charge in [-0.05, 0) is 18.6 Å². The zero-order valence-corrected chi connectivity index (χ0v) is 13.0. The molecular formula is C16H20N2O5. The van der Waals surface area contributed by atoms with Gasteiger partial charge in [0, 0.05) is 12.8 Å². The van der Waals surface area contributed by atoms with Gasteiger partial charge < -0.3 is 9.47 Å². The van der Waals surface area contributed by atoms with E-state index >= 15 is 0 Å². The van der Waals surface area contributed by atoms with Gasteiger partial charge in [-0.1, -0.05) is 18.2 Å². The van der Waals surface area contributed by atoms with Gasteiger partial charge in [-0.25, -0.2) is 0 Å². The Labute approximate surface area is 134 Å². The van der Waals surface area contributed by atoms with Crippen LogP contribution in [-0.2, 0) is 19.1 Å². The SMILES string of the molecule is COC(=O)C1CC(=O)NN(C(=O)CCCOc2ccccc2)C1. The molecule has 1 aromatic rings. The average Bonchev–Trinajstić information content (AvgIpc) is 2.58. The molecule has 1 aliphatic rings. The number of nitrogens with zero attached hydrogens (tertiary/aromatic N) is 1. The summed E-state index contributed by atoms with van der Waals surface area (Å²) >= 11 is 0. The van der Waals surface area contributed by atoms with Crippen LogP contribution in [0.15, 0.2) is 30.3 Å². The quantitative estimate of drug-likeness (QED) is 0.622. The summed E-state index contributed by atoms with van der Waals surface area (Å²) in [5.74, 6) is -0.954. The Kier molecular flexibility index (Phi) is 5.96. The van der Waals surface area contributed by atoms with Crippen LogP contribution in [0.5, 0.6) is 5.75 Å². The predicted octanol–water partition coefficient (Wildman–Crippen LogP) is 0.898. The fraction of sp³-hybridized carbons (Fsp3) is 0.438. The lowest BCUT2D eigenvalue weighted by Crippen LogP contribution is -2.54. The second-order valence-electron chi connectivity index (χ2n) is 5.23. The van der Waals surface area contributed by atoms with Crippen LogP contribution in [0, 0.1) is 5.92 Å². The number of methoxy groups -OCH3 is 1. The molecular weight excluding hydrogens is 300 g/mol. The summed E-state index contributed by atoms with van der Waals surface area (Å²) in [6.07, 6.45) is 0.775. The third-order valence-corrected chi connectivity index (χ3v) is 3.48. The summed E-state index contributed by atoms with van der Waals surface area (Å²) in [4.78, 5) is 35.2. The molecule has 1 aromatic carbocycles. The minimum Gasteiger partial charge on any atom is -0.494 e. The Morgan fingerprint density at radius 3 is 2.74 bits per heavy atom. The van der Waals surface area contributed by atoms with Crippen molar-refractivity contribution in [3.8, 4) is 5.75 Å². The molecule has 1 N–H and O–H groups in total. The summed E-state index contributed by atoms with van der Waals surface area (Å²) in [6, 6.07) is 9.32. The van der Waals surface area contributed by atoms with Gasteiger partial charge in [0.05, 0.1) is 26.2 Å². The van der Waals surface area contributed by atoms with E-state index in [1.54, 1.807) is 0 Å². The first-order valence-electron chi connectivity index (χ1n) is 7.45. The summed E-state index contributed by atoms with van der Waals surface area (Å²) in [5.41, 5.74) is 2.48. The number of carbonyl (C=O) groups excluding carboxylic acids is 3. The van der Waals surface area contributed by atoms with E-state index in [9.17, 15) is 14.4 Å². The number of para-hydroxylation sites is 1. The summed E-state index contributed by atoms with van der Waals surface area (Å²) < 4.78 is 10.1. The Morgan fingerprint density at radius 1 is 1.30 bits per heavy atom. The Morgan fingerprint density at radius 2 is 2.04 bits per heavy atom. The fourth-order valence-electron chi connectivity index (χ4n) is 2.30. The van der Waals surface area contributed by atoms with E-state index in [4.69, 9.17) is 4.74 Å². The van der Waals surface area contributed by atoms with Crippen LogP contribution in [0.2, 0.25) is 0 Å². The molecule has 0 bridgehead atoms. The van der Waals surface area contributed by atoms with Crippen LogP contribution in [0.3, 0.4) is 0 Å². The number of hydrogen-bond donors (Lipinski definition) is 1. The molecule has 1 aliphatic heterocycles. The second kappa shape index (κ2) is 8.17. The predicted molar refractivity (Wildman–Crippen MR) is 81.1 cm³/mol. The first kappa shape index (κ1) is 16.8. The van der Waals surface area contributed by atoms with Crippen LogP contribution in [0.1, 0.15) is 19.3 Å². The highest BCUT2D eigenvalue weighted by atomic mass is 16.5. The minimum absolute atomic E-state index is 0.0353. The largest absolute Gasteiger partial charge is 0.494 e. The van der Waals surface area contributed by atoms with E-state index < -0.39 is 11.9 Å². The molecule has 2 rings (SSSR count). The van der Waals surface area contributed by atoms with E-state index in [1.165, 1.54) is 12.1 Å². The van der Waals surface area contributed by atoms with Crippen LogP contribution < -0.4 is 10.2 Å². The minimum atomic E-state index is -0.613. The zero-order valence-electron chi connectivity index (χ0n) is 13.0. The van der Waals surface area contributed by atoms with Crippen molar-refractivity contribution in [3.63, 3.8) is 0 Å². The first-order valence-corrected chi connectivity index (χ1v) is 7.45. The van der Waals surface area contributed by atoms with Crippen molar-refractivity contribution in [1.29, 1.82) is 0 Å². The number of esters is 1. The molecule has 23 heavy (non-hydrogen) atoms. The second-order valence-corrected chi connectivity index (χ2v) is 5.23. The number of nitrogens with one attached hydrogen (secondary N) is 1. The number of amides is 2. The van der Waals surface area contributed by atoms with E-state index in [1.807, 2.05) is 30.3 Å². The highest BCUT2D eigenvalue weighted by molar-refractivity contribution is 5.88. The molecule has 0 radical (unpaired) electrons. The van der Waals surface area contributed by atoms with Gasteiger partial charge in [0.1, 0.15) is 5.75 Å². The zero-order chi connectivity index (χ0) is 16.7. The molecule has 0 spiro atoms. The maximum atomic E-state index is 12.1. The first-order chi connectivity index (χ1) is 11.1. The van der Waals surface area contributed by atoms with Crippen LogP contribution in [0.4, 0.5) is 0 Å². The number of hydrazine groups is 1. The van der Waals surface area contributed by atoms with Gasteiger partial charge in [0.15, 0.2) is 0 Å². The van der Waals surface area contributed by atoms with Crippen molar-refractivity contribution in [3.05, 3.63) is 30.3 Å². The lowest BCUT2D eigenvalue weighted by atomic mass is 10.0. The van der Waals surface area contributed by atoms with Crippen molar-refractivity contribution in [2.75, 3.05) is 20.3 Å². The summed E-state index contributed by atoms with van der Waals surface area (Å²) in [6.45, 7) is 0.536. The van der Waals surface area contributed by atoms with Gasteiger partial charge in [-0.15, -0.1) is 0 Å². The Bertz CT molecular complexity index is 561. The molecule has 7 heteroatoms. The van der Waals surface area contributed by atoms with Gasteiger partial charge in [-0.3, -0.25) is 24.8 Å². The normalized spacial score (nSPS) is 17.3. The third-order valence-electron chi connectivity index (χ3n) is 3.48. The molecule has 1 heterocycles. The standard InChI is InChI=1S/C16H20N2O5/c1-22-16(21)12-10-14(19)17-18(11-12)15(20)8-5-9-23-13-6-3-2-4-7-13/h2-4,6-7,12H,5,8-11H2,1H3,(H,17,19). The topological polar surface area (TPSA) is 84.9 Å². The number of hydrogen-bond acceptors (Lipinski definition) is 5. The molecule has 0 aliphatic carbocycles. The molecule has 1 saturated heterocycles. The van der Waals surface area contributed by atoms with E-state index in [0.29, 0.717) is 13.0 Å². The molecule has 0 saturated carbocycles. The van der Waals surface area contributed by atoms with E-state index in [2.05, 4.69) is 10.2 Å². The number of rotatable bonds is 6. The Balaban J connectivity index is 1.76. The number of carbonyl (C=O) groups is 3. The third kappa shape index (κ3) is 4.98. The average molecular weight is 320 g/mol. The van der Waals surface area contributed by atoms with E-state index in [-0.39, 0.29) is 31.2 Å². The highest BCUT2D eigenvalue weighted by Gasteiger charge is 2.32. The van der Waals surface area contributed by atoms with Gasteiger partial charge in [0.2, 0.25) is 11.8 Å². The van der Waals surface area contributed by atoms with Gasteiger partial charge >= 0.3 is 5.97 Å². The van der Waals surface area contributed by atoms with Gasteiger partial charge in [0.25, 0.3) is 0 Å². The smallest absolute Gasteiger partial charge is 0.311 e. The molecule has 1 unspecified atom stereocenters. The van der Waals surface area contributed by atoms with Crippen molar-refractivity contribution in [2.24, 2.45) is 5.92 Å². The summed E-state index contributed by atoms with van der Waals surface area (Å²) in [5, 5.41) is 1.19. The van der Waals surface area contributed by atoms with Crippen molar-refractivity contribution in [2.45, 2.75) is 19.3 Å². The van der Waals surface area contributed by atoms with Gasteiger partial charge in [-0.2, -0.15) is 0 Å². The van der Waals surface area contributed by atoms with Crippen molar-refractivity contribution >= 4 is 17.8 Å². The van der Waals surface area contributed by atoms with E-state index in [0.717, 1.165) is 5.75 Å². The summed E-state index contributed by atoms with van der Waals surface area (Å²) in [7, 11) is 1.27. The number of ether oxygens (including phenoxy) is 2. The maximum absolute atomic E-state index is 12.1. The molecule has 0 aromatic heterocycles. The van der Waals surface area contributed by atoms with Crippen LogP contribution in [0.25, 0.3) is 0 Å². The lowest BCUT2D eigenvalue weighted by Gasteiger charge is -2.31. The maximum Gasteiger partial charge on any atom is 0.311 e. The fourth-order valence-corrected chi connectivity index (χ4v) is 2.30. The molecule has 1 fully saturated rings. The van der Waals surface area contributed by atoms with Crippen molar-refractivity contribution in [1.82, 2.24) is 10.4 Å². The molecule has 7 nitrogen and oxygen atoms in total. The molecule has 124 valence electrons. The molecule has 1 atom stereocenters. The Hall–Kier alpha value is -2.57. The van der Waals surface area contributed by atoms with Crippen LogP contribution >= 0.6 is 0 Å². The number of benzene rings is 1. The van der Waals surface area contributed by atoms with Crippen LogP contribution in [-0.4, -0.2) is 43.1 Å². The molecule has 2 amide bonds.